The normalized spacial score (nSPS) is 15.2. The van der Waals surface area contributed by atoms with Crippen LogP contribution in [-0.2, 0) is 9.53 Å². The van der Waals surface area contributed by atoms with Gasteiger partial charge in [-0.1, -0.05) is 36.1 Å². The van der Waals surface area contributed by atoms with E-state index in [0.717, 1.165) is 0 Å². The van der Waals surface area contributed by atoms with Gasteiger partial charge in [0.05, 0.1) is 40.8 Å². The second-order valence-corrected chi connectivity index (χ2v) is 8.80. The van der Waals surface area contributed by atoms with Gasteiger partial charge in [0.2, 0.25) is 0 Å². The monoisotopic (exact) mass is 505 g/mol. The molecule has 0 spiro atoms. The molecule has 1 aromatic carbocycles. The van der Waals surface area contributed by atoms with Crippen molar-refractivity contribution in [3.63, 3.8) is 0 Å². The minimum atomic E-state index is -0.751. The Morgan fingerprint density at radius 3 is 2.69 bits per heavy atom. The molecule has 1 atom stereocenters. The van der Waals surface area contributed by atoms with Crippen molar-refractivity contribution < 1.29 is 19.0 Å². The van der Waals surface area contributed by atoms with Crippen molar-refractivity contribution in [2.45, 2.75) is 26.8 Å². The van der Waals surface area contributed by atoms with Crippen LogP contribution >= 0.6 is 11.3 Å². The average Bonchev–Trinajstić information content (AvgIpc) is 3.17. The van der Waals surface area contributed by atoms with Gasteiger partial charge in [0.1, 0.15) is 6.61 Å². The third-order valence-corrected chi connectivity index (χ3v) is 6.41. The molecule has 0 aliphatic carbocycles. The Hall–Kier alpha value is -3.98. The van der Waals surface area contributed by atoms with Crippen LogP contribution in [0.5, 0.6) is 11.5 Å². The van der Waals surface area contributed by atoms with Crippen LogP contribution in [0, 0.1) is 0 Å². The lowest BCUT2D eigenvalue weighted by atomic mass is 9.95. The largest absolute Gasteiger partial charge is 0.490 e. The Bertz CT molecular complexity index is 1490. The molecule has 1 aliphatic heterocycles. The fraction of sp³-hybridized carbons (Fsp3) is 0.259. The molecule has 0 saturated heterocycles. The molecule has 36 heavy (non-hydrogen) atoms. The number of benzene rings is 1. The quantitative estimate of drug-likeness (QED) is 0.328. The van der Waals surface area contributed by atoms with Crippen molar-refractivity contribution in [1.29, 1.82) is 0 Å². The van der Waals surface area contributed by atoms with Crippen LogP contribution in [0.4, 0.5) is 0 Å². The second kappa shape index (κ2) is 11.2. The topological polar surface area (TPSA) is 92.0 Å². The van der Waals surface area contributed by atoms with Crippen molar-refractivity contribution >= 4 is 23.4 Å². The summed E-state index contributed by atoms with van der Waals surface area (Å²) in [5.41, 5.74) is 1.86. The van der Waals surface area contributed by atoms with E-state index in [9.17, 15) is 9.59 Å². The lowest BCUT2D eigenvalue weighted by Gasteiger charge is -2.25. The number of esters is 1. The van der Waals surface area contributed by atoms with Crippen molar-refractivity contribution in [3.05, 3.63) is 97.5 Å². The summed E-state index contributed by atoms with van der Waals surface area (Å²) in [4.78, 5) is 36.1. The number of rotatable bonds is 9. The highest BCUT2D eigenvalue weighted by atomic mass is 32.1. The van der Waals surface area contributed by atoms with Crippen molar-refractivity contribution in [2.75, 3.05) is 19.8 Å². The molecule has 9 heteroatoms. The molecule has 0 bridgehead atoms. The molecule has 0 amide bonds. The van der Waals surface area contributed by atoms with Gasteiger partial charge in [-0.15, -0.1) is 0 Å². The molecule has 2 aromatic heterocycles. The van der Waals surface area contributed by atoms with Gasteiger partial charge in [-0.2, -0.15) is 0 Å². The zero-order chi connectivity index (χ0) is 25.7. The summed E-state index contributed by atoms with van der Waals surface area (Å²) in [5.74, 6) is 0.527. The number of nitrogens with zero attached hydrogens (tertiary/aromatic N) is 3. The third-order valence-electron chi connectivity index (χ3n) is 5.42. The molecule has 3 heterocycles. The molecule has 0 fully saturated rings. The molecule has 0 N–H and O–H groups in total. The number of thiazole rings is 1. The van der Waals surface area contributed by atoms with Gasteiger partial charge in [-0.05, 0) is 56.7 Å². The van der Waals surface area contributed by atoms with E-state index in [1.165, 1.54) is 15.9 Å². The number of hydrogen-bond donors (Lipinski definition) is 0. The Kier molecular flexibility index (Phi) is 7.80. The maximum atomic E-state index is 13.7. The Morgan fingerprint density at radius 2 is 2.00 bits per heavy atom. The maximum Gasteiger partial charge on any atom is 0.338 e. The summed E-state index contributed by atoms with van der Waals surface area (Å²) in [6, 6.07) is 10.1. The van der Waals surface area contributed by atoms with Gasteiger partial charge in [0, 0.05) is 6.20 Å². The van der Waals surface area contributed by atoms with Crippen molar-refractivity contribution in [3.8, 4) is 11.5 Å². The third kappa shape index (κ3) is 5.01. The summed E-state index contributed by atoms with van der Waals surface area (Å²) in [6.45, 7) is 9.98. The zero-order valence-corrected chi connectivity index (χ0v) is 21.2. The summed E-state index contributed by atoms with van der Waals surface area (Å²) < 4.78 is 18.9. The number of allylic oxidation sites excluding steroid dienone is 1. The highest BCUT2D eigenvalue weighted by Gasteiger charge is 2.34. The predicted molar refractivity (Wildman–Crippen MR) is 138 cm³/mol. The summed E-state index contributed by atoms with van der Waals surface area (Å²) in [6.07, 6.45) is 5.04. The van der Waals surface area contributed by atoms with Crippen LogP contribution < -0.4 is 24.4 Å². The number of pyridine rings is 1. The molecule has 0 radical (unpaired) electrons. The highest BCUT2D eigenvalue weighted by Crippen LogP contribution is 2.36. The van der Waals surface area contributed by atoms with Gasteiger partial charge in [0.25, 0.3) is 5.56 Å². The van der Waals surface area contributed by atoms with E-state index in [-0.39, 0.29) is 12.2 Å². The Morgan fingerprint density at radius 1 is 1.17 bits per heavy atom. The van der Waals surface area contributed by atoms with E-state index in [1.54, 1.807) is 44.3 Å². The zero-order valence-electron chi connectivity index (χ0n) is 20.4. The Balaban J connectivity index is 1.94. The highest BCUT2D eigenvalue weighted by molar-refractivity contribution is 7.07. The van der Waals surface area contributed by atoms with Crippen LogP contribution in [-0.4, -0.2) is 35.3 Å². The minimum Gasteiger partial charge on any atom is -0.490 e. The number of carbonyl (C=O) groups excluding carboxylic acids is 1. The first-order chi connectivity index (χ1) is 17.5. The maximum absolute atomic E-state index is 13.7. The number of aromatic nitrogens is 2. The van der Waals surface area contributed by atoms with Gasteiger partial charge >= 0.3 is 5.97 Å². The fourth-order valence-corrected chi connectivity index (χ4v) is 4.96. The van der Waals surface area contributed by atoms with Crippen LogP contribution in [0.3, 0.4) is 0 Å². The minimum absolute atomic E-state index is 0.199. The standard InChI is InChI=1S/C27H27N3O5S/c1-5-14-35-20-12-11-18(15-21(20)33-6-2)24-23(26(32)34-7-3)17(4)29-27-30(24)25(31)22(36-27)16-19-10-8-9-13-28-19/h5,8-13,15-16,24H,1,6-7,14H2,2-4H3/t24-/m0/s1. The molecule has 0 unspecified atom stereocenters. The van der Waals surface area contributed by atoms with Crippen molar-refractivity contribution in [2.24, 2.45) is 4.99 Å². The molecule has 8 nitrogen and oxygen atoms in total. The summed E-state index contributed by atoms with van der Waals surface area (Å²) in [5, 5.41) is 0. The molecule has 3 aromatic rings. The first-order valence-electron chi connectivity index (χ1n) is 11.6. The molecular weight excluding hydrogens is 478 g/mol. The molecule has 4 rings (SSSR count). The number of fused-ring (bicyclic) bond motifs is 1. The van der Waals surface area contributed by atoms with Crippen LogP contribution in [0.25, 0.3) is 6.08 Å². The average molecular weight is 506 g/mol. The van der Waals surface area contributed by atoms with Crippen LogP contribution in [0.15, 0.2) is 76.3 Å². The van der Waals surface area contributed by atoms with Crippen LogP contribution in [0.1, 0.15) is 38.1 Å². The van der Waals surface area contributed by atoms with Gasteiger partial charge in [-0.3, -0.25) is 14.3 Å². The van der Waals surface area contributed by atoms with E-state index in [4.69, 9.17) is 14.2 Å². The number of hydrogen-bond acceptors (Lipinski definition) is 8. The van der Waals surface area contributed by atoms with E-state index < -0.39 is 12.0 Å². The van der Waals surface area contributed by atoms with E-state index in [2.05, 4.69) is 16.6 Å². The second-order valence-electron chi connectivity index (χ2n) is 7.80. The Labute approximate surface area is 212 Å². The molecule has 1 aliphatic rings. The summed E-state index contributed by atoms with van der Waals surface area (Å²) >= 11 is 1.25. The van der Waals surface area contributed by atoms with Gasteiger partial charge in [-0.25, -0.2) is 9.79 Å². The van der Waals surface area contributed by atoms with E-state index in [1.807, 2.05) is 31.2 Å². The SMILES string of the molecule is C=CCOc1ccc([C@H]2C(C(=O)OCC)=C(C)N=c3sc(=Cc4ccccn4)c(=O)n32)cc1OCC. The number of carbonyl (C=O) groups is 1. The number of ether oxygens (including phenoxy) is 3. The summed E-state index contributed by atoms with van der Waals surface area (Å²) in [7, 11) is 0. The van der Waals surface area contributed by atoms with E-state index >= 15 is 0 Å². The fourth-order valence-electron chi connectivity index (χ4n) is 3.93. The van der Waals surface area contributed by atoms with Crippen molar-refractivity contribution in [1.82, 2.24) is 9.55 Å². The molecular formula is C27H27N3O5S. The lowest BCUT2D eigenvalue weighted by molar-refractivity contribution is -0.139. The predicted octanol–water partition coefficient (Wildman–Crippen LogP) is 3.16. The van der Waals surface area contributed by atoms with E-state index in [0.29, 0.717) is 56.6 Å². The smallest absolute Gasteiger partial charge is 0.338 e. The van der Waals surface area contributed by atoms with Crippen LogP contribution in [0.2, 0.25) is 0 Å². The molecule has 186 valence electrons. The molecule has 0 saturated carbocycles. The van der Waals surface area contributed by atoms with Gasteiger partial charge < -0.3 is 14.2 Å². The first-order valence-corrected chi connectivity index (χ1v) is 12.4. The van der Waals surface area contributed by atoms with Gasteiger partial charge in [0.15, 0.2) is 16.3 Å². The first kappa shape index (κ1) is 25.1. The lowest BCUT2D eigenvalue weighted by Crippen LogP contribution is -2.40.